The molecule has 0 saturated heterocycles. The normalized spacial score (nSPS) is 11.3. The molecule has 0 aliphatic heterocycles. The first-order chi connectivity index (χ1) is 17.2. The van der Waals surface area contributed by atoms with E-state index in [4.69, 9.17) is 6.42 Å². The van der Waals surface area contributed by atoms with Crippen LogP contribution < -0.4 is 0 Å². The van der Waals surface area contributed by atoms with Crippen LogP contribution in [0, 0.1) is 25.2 Å². The summed E-state index contributed by atoms with van der Waals surface area (Å²) in [6.45, 7) is 17.8. The van der Waals surface area contributed by atoms with Gasteiger partial charge in [0.2, 0.25) is 0 Å². The van der Waals surface area contributed by atoms with E-state index in [1.54, 1.807) is 0 Å². The molecule has 0 nitrogen and oxygen atoms in total. The van der Waals surface area contributed by atoms with E-state index in [2.05, 4.69) is 99.3 Å². The topological polar surface area (TPSA) is 0 Å². The summed E-state index contributed by atoms with van der Waals surface area (Å²) in [6, 6.07) is 24.1. The van der Waals surface area contributed by atoms with Gasteiger partial charge in [0.25, 0.3) is 0 Å². The minimum Gasteiger partial charge on any atom is -0.120 e. The van der Waals surface area contributed by atoms with Crippen molar-refractivity contribution in [1.82, 2.24) is 0 Å². The van der Waals surface area contributed by atoms with Crippen molar-refractivity contribution in [3.05, 3.63) is 109 Å². The van der Waals surface area contributed by atoms with Gasteiger partial charge in [0.15, 0.2) is 0 Å². The molecule has 0 heterocycles. The quantitative estimate of drug-likeness (QED) is 0.249. The number of allylic oxidation sites excluding steroid dienone is 1. The lowest BCUT2D eigenvalue weighted by atomic mass is 9.82. The average molecular weight is 469 g/mol. The Kier molecular flexibility index (Phi) is 19.6. The largest absolute Gasteiger partial charge is 0.120 e. The Morgan fingerprint density at radius 1 is 0.914 bits per heavy atom. The highest BCUT2D eigenvalue weighted by molar-refractivity contribution is 5.85. The van der Waals surface area contributed by atoms with E-state index in [0.717, 1.165) is 25.2 Å². The van der Waals surface area contributed by atoms with Crippen LogP contribution in [0.2, 0.25) is 0 Å². The number of rotatable bonds is 6. The van der Waals surface area contributed by atoms with Gasteiger partial charge in [-0.2, -0.15) is 0 Å². The van der Waals surface area contributed by atoms with Crippen LogP contribution in [-0.2, 0) is 12.8 Å². The van der Waals surface area contributed by atoms with Gasteiger partial charge in [-0.05, 0) is 60.4 Å². The molecule has 0 heteroatoms. The van der Waals surface area contributed by atoms with Crippen molar-refractivity contribution >= 4 is 10.8 Å². The maximum atomic E-state index is 4.78. The number of fused-ring (bicyclic) bond motifs is 1. The molecule has 0 aromatic heterocycles. The molecule has 0 amide bonds. The Bertz CT molecular complexity index is 946. The molecule has 1 aliphatic carbocycles. The molecule has 1 aliphatic rings. The molecule has 3 aromatic carbocycles. The highest BCUT2D eigenvalue weighted by Crippen LogP contribution is 2.30. The van der Waals surface area contributed by atoms with Gasteiger partial charge >= 0.3 is 0 Å². The third-order valence-corrected chi connectivity index (χ3v) is 5.89. The van der Waals surface area contributed by atoms with Gasteiger partial charge in [-0.1, -0.05) is 118 Å². The summed E-state index contributed by atoms with van der Waals surface area (Å²) < 4.78 is 0. The highest BCUT2D eigenvalue weighted by Gasteiger charge is 2.15. The van der Waals surface area contributed by atoms with Crippen molar-refractivity contribution < 1.29 is 0 Å². The fourth-order valence-electron chi connectivity index (χ4n) is 3.68. The van der Waals surface area contributed by atoms with Crippen LogP contribution in [0.3, 0.4) is 0 Å². The lowest BCUT2D eigenvalue weighted by Crippen LogP contribution is -2.09. The molecule has 35 heavy (non-hydrogen) atoms. The van der Waals surface area contributed by atoms with Crippen molar-refractivity contribution in [2.75, 3.05) is 0 Å². The van der Waals surface area contributed by atoms with Crippen LogP contribution in [0.15, 0.2) is 92.5 Å². The SMILES string of the molecule is C#CCC.C=C.C=CCCC1CCC1.CC.Cc1ccc(CCc2cccc3ccccc23)cc1. The molecule has 1 fully saturated rings. The fourth-order valence-corrected chi connectivity index (χ4v) is 3.68. The maximum Gasteiger partial charge on any atom is 0.00576 e. The maximum absolute atomic E-state index is 4.78. The molecule has 0 spiro atoms. The van der Waals surface area contributed by atoms with E-state index < -0.39 is 0 Å². The smallest absolute Gasteiger partial charge is 0.00576 e. The summed E-state index contributed by atoms with van der Waals surface area (Å²) in [7, 11) is 0. The Balaban J connectivity index is 0.000000601. The Morgan fingerprint density at radius 3 is 2.06 bits per heavy atom. The van der Waals surface area contributed by atoms with Crippen molar-refractivity contribution in [2.24, 2.45) is 5.92 Å². The third kappa shape index (κ3) is 13.4. The summed E-state index contributed by atoms with van der Waals surface area (Å²) in [4.78, 5) is 0. The van der Waals surface area contributed by atoms with Gasteiger partial charge in [0.1, 0.15) is 0 Å². The van der Waals surface area contributed by atoms with Crippen LogP contribution >= 0.6 is 0 Å². The van der Waals surface area contributed by atoms with Gasteiger partial charge in [-0.15, -0.1) is 32.1 Å². The van der Waals surface area contributed by atoms with Crippen LogP contribution in [0.1, 0.15) is 76.0 Å². The van der Waals surface area contributed by atoms with Crippen LogP contribution in [0.25, 0.3) is 10.8 Å². The second kappa shape index (κ2) is 21.5. The van der Waals surface area contributed by atoms with Gasteiger partial charge < -0.3 is 0 Å². The standard InChI is InChI=1S/C19H18.C8H14.C4H6.C2H6.C2H4/c1-15-9-11-16(12-10-15)13-14-18-7-4-6-17-5-2-3-8-19(17)18;1-2-3-5-8-6-4-7-8;1-3-4-2;2*1-2/h2-12H,13-14H2,1H3;2,8H,1,3-7H2;1H,4H2,2H3;1-2H3;1-2H2. The zero-order chi connectivity index (χ0) is 26.3. The second-order valence-corrected chi connectivity index (χ2v) is 8.34. The molecule has 0 N–H and O–H groups in total. The molecule has 188 valence electrons. The Labute approximate surface area is 217 Å². The van der Waals surface area contributed by atoms with E-state index in [9.17, 15) is 0 Å². The summed E-state index contributed by atoms with van der Waals surface area (Å²) >= 11 is 0. The van der Waals surface area contributed by atoms with Crippen molar-refractivity contribution in [2.45, 2.75) is 79.1 Å². The van der Waals surface area contributed by atoms with Crippen LogP contribution in [-0.4, -0.2) is 0 Å². The third-order valence-electron chi connectivity index (χ3n) is 5.89. The molecular weight excluding hydrogens is 420 g/mol. The summed E-state index contributed by atoms with van der Waals surface area (Å²) in [5.74, 6) is 3.49. The summed E-state index contributed by atoms with van der Waals surface area (Å²) in [5, 5.41) is 2.72. The van der Waals surface area contributed by atoms with Gasteiger partial charge in [0.05, 0.1) is 0 Å². The van der Waals surface area contributed by atoms with Gasteiger partial charge in [-0.3, -0.25) is 0 Å². The first kappa shape index (κ1) is 32.0. The molecule has 4 rings (SSSR count). The monoisotopic (exact) mass is 468 g/mol. The molecule has 3 aromatic rings. The van der Waals surface area contributed by atoms with Crippen LogP contribution in [0.5, 0.6) is 0 Å². The molecule has 0 unspecified atom stereocenters. The first-order valence-electron chi connectivity index (χ1n) is 13.2. The number of terminal acetylenes is 1. The molecule has 0 atom stereocenters. The highest BCUT2D eigenvalue weighted by atomic mass is 14.2. The number of hydrogen-bond donors (Lipinski definition) is 0. The number of hydrogen-bond acceptors (Lipinski definition) is 0. The molecular formula is C35H48. The van der Waals surface area contributed by atoms with Crippen molar-refractivity contribution in [1.29, 1.82) is 0 Å². The second-order valence-electron chi connectivity index (χ2n) is 8.34. The number of aryl methyl sites for hydroxylation is 3. The molecule has 0 radical (unpaired) electrons. The van der Waals surface area contributed by atoms with Crippen molar-refractivity contribution in [3.8, 4) is 12.3 Å². The fraction of sp³-hybridized carbons (Fsp3) is 0.371. The average Bonchev–Trinajstić information content (AvgIpc) is 2.90. The van der Waals surface area contributed by atoms with E-state index in [-0.39, 0.29) is 0 Å². The lowest BCUT2D eigenvalue weighted by Gasteiger charge is -2.24. The van der Waals surface area contributed by atoms with Gasteiger partial charge in [0, 0.05) is 6.42 Å². The minimum atomic E-state index is 0.847. The first-order valence-corrected chi connectivity index (χ1v) is 13.2. The van der Waals surface area contributed by atoms with E-state index in [1.807, 2.05) is 26.8 Å². The predicted molar refractivity (Wildman–Crippen MR) is 161 cm³/mol. The van der Waals surface area contributed by atoms with Gasteiger partial charge in [-0.25, -0.2) is 0 Å². The molecule has 1 saturated carbocycles. The lowest BCUT2D eigenvalue weighted by molar-refractivity contribution is 0.298. The van der Waals surface area contributed by atoms with E-state index in [1.165, 1.54) is 59.6 Å². The minimum absolute atomic E-state index is 0.847. The van der Waals surface area contributed by atoms with E-state index in [0.29, 0.717) is 0 Å². The van der Waals surface area contributed by atoms with E-state index >= 15 is 0 Å². The Hall–Kier alpha value is -3.04. The molecule has 0 bridgehead atoms. The zero-order valence-electron chi connectivity index (χ0n) is 22.9. The van der Waals surface area contributed by atoms with Crippen molar-refractivity contribution in [3.63, 3.8) is 0 Å². The predicted octanol–water partition coefficient (Wildman–Crippen LogP) is 10.5. The number of benzene rings is 3. The zero-order valence-corrected chi connectivity index (χ0v) is 22.9. The van der Waals surface area contributed by atoms with Crippen LogP contribution in [0.4, 0.5) is 0 Å². The summed E-state index contributed by atoms with van der Waals surface area (Å²) in [6.07, 6.45) is 16.9. The summed E-state index contributed by atoms with van der Waals surface area (Å²) in [5.41, 5.74) is 4.19. The Morgan fingerprint density at radius 2 is 1.51 bits per heavy atom.